The Morgan fingerprint density at radius 3 is 2.88 bits per heavy atom. The third-order valence-corrected chi connectivity index (χ3v) is 2.29. The van der Waals surface area contributed by atoms with Gasteiger partial charge in [-0.2, -0.15) is 0 Å². The average Bonchev–Trinajstić information content (AvgIpc) is 2.20. The summed E-state index contributed by atoms with van der Waals surface area (Å²) in [6.45, 7) is 1.50. The van der Waals surface area contributed by atoms with Crippen molar-refractivity contribution in [2.45, 2.75) is 13.0 Å². The number of carbonyl (C=O) groups excluding carboxylic acids is 1. The Morgan fingerprint density at radius 1 is 1.56 bits per heavy atom. The van der Waals surface area contributed by atoms with E-state index in [0.717, 1.165) is 0 Å². The van der Waals surface area contributed by atoms with Crippen molar-refractivity contribution in [3.8, 4) is 5.75 Å². The van der Waals surface area contributed by atoms with E-state index >= 15 is 0 Å². The van der Waals surface area contributed by atoms with Gasteiger partial charge in [0.15, 0.2) is 6.10 Å². The van der Waals surface area contributed by atoms with Gasteiger partial charge >= 0.3 is 6.09 Å². The Bertz CT molecular complexity index is 472. The minimum Gasteiger partial charge on any atom is -0.479 e. The van der Waals surface area contributed by atoms with E-state index in [0.29, 0.717) is 16.3 Å². The summed E-state index contributed by atoms with van der Waals surface area (Å²) in [5.74, 6) is -0.283. The number of carboxylic acid groups (broad SMARTS) is 1. The second kappa shape index (κ2) is 3.41. The lowest BCUT2D eigenvalue weighted by Gasteiger charge is -2.29. The number of anilines is 2. The minimum atomic E-state index is -1.34. The van der Waals surface area contributed by atoms with Crippen molar-refractivity contribution in [2.24, 2.45) is 0 Å². The highest BCUT2D eigenvalue weighted by atomic mass is 16.5. The van der Waals surface area contributed by atoms with Gasteiger partial charge in [-0.1, -0.05) is 0 Å². The number of carbonyl (C=O) groups is 2. The molecule has 0 aliphatic carbocycles. The highest BCUT2D eigenvalue weighted by Gasteiger charge is 2.35. The largest absolute Gasteiger partial charge is 0.479 e. The molecule has 16 heavy (non-hydrogen) atoms. The fraction of sp³-hybridized carbons (Fsp3) is 0.200. The van der Waals surface area contributed by atoms with Gasteiger partial charge in [0.25, 0.3) is 5.91 Å². The number of hydrogen-bond acceptors (Lipinski definition) is 4. The molecule has 2 amide bonds. The molecule has 0 saturated carbocycles. The monoisotopic (exact) mass is 222 g/mol. The summed E-state index contributed by atoms with van der Waals surface area (Å²) in [6.07, 6.45) is -2.15. The molecular weight excluding hydrogens is 212 g/mol. The van der Waals surface area contributed by atoms with Crippen LogP contribution in [-0.2, 0) is 4.79 Å². The first kappa shape index (κ1) is 10.3. The van der Waals surface area contributed by atoms with Gasteiger partial charge in [0.1, 0.15) is 5.75 Å². The van der Waals surface area contributed by atoms with Crippen LogP contribution in [0.2, 0.25) is 0 Å². The lowest BCUT2D eigenvalue weighted by molar-refractivity contribution is -0.124. The maximum Gasteiger partial charge on any atom is 0.418 e. The fourth-order valence-electron chi connectivity index (χ4n) is 1.55. The first-order valence-electron chi connectivity index (χ1n) is 4.64. The number of rotatable bonds is 0. The Hall–Kier alpha value is -2.24. The lowest BCUT2D eigenvalue weighted by atomic mass is 10.2. The zero-order valence-corrected chi connectivity index (χ0v) is 8.51. The van der Waals surface area contributed by atoms with E-state index in [4.69, 9.17) is 15.6 Å². The number of nitrogen functional groups attached to an aromatic ring is 1. The summed E-state index contributed by atoms with van der Waals surface area (Å²) in [6, 6.07) is 4.53. The molecule has 0 bridgehead atoms. The highest BCUT2D eigenvalue weighted by molar-refractivity contribution is 6.15. The second-order valence-electron chi connectivity index (χ2n) is 3.44. The van der Waals surface area contributed by atoms with Crippen molar-refractivity contribution in [2.75, 3.05) is 10.6 Å². The van der Waals surface area contributed by atoms with Crippen molar-refractivity contribution in [1.82, 2.24) is 0 Å². The molecule has 0 fully saturated rings. The van der Waals surface area contributed by atoms with E-state index in [1.807, 2.05) is 0 Å². The van der Waals surface area contributed by atoms with Crippen molar-refractivity contribution < 1.29 is 19.4 Å². The molecule has 1 aliphatic rings. The van der Waals surface area contributed by atoms with Crippen LogP contribution in [-0.4, -0.2) is 23.2 Å². The molecule has 0 saturated heterocycles. The zero-order valence-electron chi connectivity index (χ0n) is 8.51. The molecular formula is C10H10N2O4. The topological polar surface area (TPSA) is 92.9 Å². The van der Waals surface area contributed by atoms with E-state index in [1.165, 1.54) is 13.0 Å². The van der Waals surface area contributed by atoms with E-state index < -0.39 is 18.1 Å². The van der Waals surface area contributed by atoms with Crippen molar-refractivity contribution >= 4 is 23.4 Å². The molecule has 3 N–H and O–H groups in total. The third-order valence-electron chi connectivity index (χ3n) is 2.29. The predicted octanol–water partition coefficient (Wildman–Crippen LogP) is 1.06. The average molecular weight is 222 g/mol. The maximum absolute atomic E-state index is 11.6. The molecule has 0 radical (unpaired) electrons. The van der Waals surface area contributed by atoms with Crippen LogP contribution in [0.25, 0.3) is 0 Å². The Kier molecular flexibility index (Phi) is 2.19. The summed E-state index contributed by atoms with van der Waals surface area (Å²) in [4.78, 5) is 23.3. The van der Waals surface area contributed by atoms with Crippen LogP contribution in [0.4, 0.5) is 16.2 Å². The van der Waals surface area contributed by atoms with Gasteiger partial charge < -0.3 is 15.6 Å². The summed E-state index contributed by atoms with van der Waals surface area (Å²) >= 11 is 0. The number of benzene rings is 1. The van der Waals surface area contributed by atoms with Gasteiger partial charge in [0.2, 0.25) is 0 Å². The fourth-order valence-corrected chi connectivity index (χ4v) is 1.55. The first-order chi connectivity index (χ1) is 7.50. The van der Waals surface area contributed by atoms with Gasteiger partial charge in [-0.15, -0.1) is 0 Å². The third kappa shape index (κ3) is 1.44. The van der Waals surface area contributed by atoms with Crippen molar-refractivity contribution in [3.05, 3.63) is 18.2 Å². The number of hydrogen-bond donors (Lipinski definition) is 2. The van der Waals surface area contributed by atoms with Crippen LogP contribution >= 0.6 is 0 Å². The van der Waals surface area contributed by atoms with Crippen LogP contribution in [0.15, 0.2) is 18.2 Å². The van der Waals surface area contributed by atoms with Gasteiger partial charge in [-0.25, -0.2) is 9.69 Å². The lowest BCUT2D eigenvalue weighted by Crippen LogP contribution is -2.47. The molecule has 1 unspecified atom stereocenters. The second-order valence-corrected chi connectivity index (χ2v) is 3.44. The number of fused-ring (bicyclic) bond motifs is 1. The minimum absolute atomic E-state index is 0.163. The normalized spacial score (nSPS) is 18.9. The number of nitrogens with two attached hydrogens (primary N) is 1. The highest BCUT2D eigenvalue weighted by Crippen LogP contribution is 2.35. The summed E-state index contributed by atoms with van der Waals surface area (Å²) < 4.78 is 5.27. The number of nitrogens with zero attached hydrogens (tertiary/aromatic N) is 1. The number of ether oxygens (including phenoxy) is 1. The number of amides is 2. The molecule has 1 heterocycles. The quantitative estimate of drug-likeness (QED) is 0.640. The SMILES string of the molecule is CC1Oc2ccc(N)cc2N(C(=O)O)C1=O. The van der Waals surface area contributed by atoms with Crippen LogP contribution in [0.5, 0.6) is 5.75 Å². The predicted molar refractivity (Wildman–Crippen MR) is 56.5 cm³/mol. The summed E-state index contributed by atoms with van der Waals surface area (Å²) in [7, 11) is 0. The van der Waals surface area contributed by atoms with Gasteiger partial charge in [0, 0.05) is 5.69 Å². The van der Waals surface area contributed by atoms with Crippen molar-refractivity contribution in [3.63, 3.8) is 0 Å². The molecule has 1 aromatic carbocycles. The molecule has 84 valence electrons. The molecule has 0 spiro atoms. The Labute approximate surface area is 91.2 Å². The van der Waals surface area contributed by atoms with Gasteiger partial charge in [-0.3, -0.25) is 4.79 Å². The molecule has 1 aromatic rings. The Balaban J connectivity index is 2.58. The Morgan fingerprint density at radius 2 is 2.25 bits per heavy atom. The van der Waals surface area contributed by atoms with Crippen LogP contribution in [0.3, 0.4) is 0 Å². The molecule has 6 nitrogen and oxygen atoms in total. The van der Waals surface area contributed by atoms with E-state index in [9.17, 15) is 9.59 Å². The molecule has 6 heteroatoms. The van der Waals surface area contributed by atoms with Gasteiger partial charge in [-0.05, 0) is 25.1 Å². The standard InChI is InChI=1S/C10H10N2O4/c1-5-9(13)12(10(14)15)7-4-6(11)2-3-8(7)16-5/h2-5H,11H2,1H3,(H,14,15). The van der Waals surface area contributed by atoms with E-state index in [2.05, 4.69) is 0 Å². The molecule has 1 atom stereocenters. The van der Waals surface area contributed by atoms with Crippen LogP contribution in [0.1, 0.15) is 6.92 Å². The van der Waals surface area contributed by atoms with Crippen LogP contribution in [0, 0.1) is 0 Å². The molecule has 1 aliphatic heterocycles. The van der Waals surface area contributed by atoms with Crippen LogP contribution < -0.4 is 15.4 Å². The van der Waals surface area contributed by atoms with Crippen molar-refractivity contribution in [1.29, 1.82) is 0 Å². The maximum atomic E-state index is 11.6. The van der Waals surface area contributed by atoms with Gasteiger partial charge in [0.05, 0.1) is 5.69 Å². The van der Waals surface area contributed by atoms with E-state index in [-0.39, 0.29) is 5.69 Å². The number of imide groups is 1. The first-order valence-corrected chi connectivity index (χ1v) is 4.64. The summed E-state index contributed by atoms with van der Waals surface area (Å²) in [5.41, 5.74) is 6.07. The molecule has 0 aromatic heterocycles. The summed E-state index contributed by atoms with van der Waals surface area (Å²) in [5, 5.41) is 8.97. The zero-order chi connectivity index (χ0) is 11.9. The molecule has 2 rings (SSSR count). The smallest absolute Gasteiger partial charge is 0.418 e. The van der Waals surface area contributed by atoms with E-state index in [1.54, 1.807) is 12.1 Å².